The van der Waals surface area contributed by atoms with Gasteiger partial charge in [0.2, 0.25) is 5.13 Å². The summed E-state index contributed by atoms with van der Waals surface area (Å²) in [6, 6.07) is 7.92. The van der Waals surface area contributed by atoms with Gasteiger partial charge in [0.1, 0.15) is 5.75 Å². The number of benzene rings is 1. The Hall–Kier alpha value is -1.88. The van der Waals surface area contributed by atoms with Crippen LogP contribution in [0.3, 0.4) is 0 Å². The summed E-state index contributed by atoms with van der Waals surface area (Å²) in [6.07, 6.45) is 4.40. The minimum atomic E-state index is 0.827. The van der Waals surface area contributed by atoms with E-state index in [1.165, 1.54) is 18.6 Å². The van der Waals surface area contributed by atoms with Gasteiger partial charge in [0.15, 0.2) is 0 Å². The Morgan fingerprint density at radius 1 is 1.27 bits per heavy atom. The number of unbranched alkanes of at least 4 members (excludes halogenated alkanes) is 1. The lowest BCUT2D eigenvalue weighted by molar-refractivity contribution is 0.415. The van der Waals surface area contributed by atoms with Gasteiger partial charge in [0.25, 0.3) is 0 Å². The molecule has 0 amide bonds. The molecule has 1 heterocycles. The topological polar surface area (TPSA) is 46.5 Å². The first-order chi connectivity index (χ1) is 10.8. The zero-order chi connectivity index (χ0) is 15.8. The minimum Gasteiger partial charge on any atom is -0.497 e. The van der Waals surface area contributed by atoms with Crippen molar-refractivity contribution in [2.24, 2.45) is 5.10 Å². The predicted octanol–water partition coefficient (Wildman–Crippen LogP) is 5.19. The lowest BCUT2D eigenvalue weighted by Gasteiger charge is -2.02. The maximum Gasteiger partial charge on any atom is 0.203 e. The second-order valence-electron chi connectivity index (χ2n) is 5.01. The summed E-state index contributed by atoms with van der Waals surface area (Å²) in [5.74, 6) is 0.852. The fourth-order valence-corrected chi connectivity index (χ4v) is 2.70. The summed E-state index contributed by atoms with van der Waals surface area (Å²) in [5, 5.41) is 7.35. The largest absolute Gasteiger partial charge is 0.497 e. The Morgan fingerprint density at radius 3 is 2.68 bits per heavy atom. The first kappa shape index (κ1) is 16.5. The summed E-state index contributed by atoms with van der Waals surface area (Å²) in [7, 11) is 1.67. The average Bonchev–Trinajstić information content (AvgIpc) is 3.04. The number of hydrazone groups is 1. The molecule has 1 aromatic carbocycles. The number of ether oxygens (including phenoxy) is 1. The molecule has 2 aromatic rings. The van der Waals surface area contributed by atoms with Gasteiger partial charge in [-0.25, -0.2) is 4.98 Å². The third-order valence-corrected chi connectivity index (χ3v) is 4.17. The lowest BCUT2D eigenvalue weighted by atomic mass is 10.1. The molecule has 118 valence electrons. The molecule has 1 N–H and O–H groups in total. The number of hydrogen-bond donors (Lipinski definition) is 1. The van der Waals surface area contributed by atoms with Crippen LogP contribution < -0.4 is 10.2 Å². The highest BCUT2D eigenvalue weighted by Crippen LogP contribution is 2.26. The van der Waals surface area contributed by atoms with Crippen LogP contribution >= 0.6 is 11.3 Å². The average molecular weight is 317 g/mol. The summed E-state index contributed by atoms with van der Waals surface area (Å²) < 4.78 is 5.17. The normalized spacial score (nSPS) is 11.5. The van der Waals surface area contributed by atoms with Crippen molar-refractivity contribution in [1.82, 2.24) is 4.98 Å². The Balaban J connectivity index is 2.02. The van der Waals surface area contributed by atoms with E-state index in [-0.39, 0.29) is 0 Å². The molecule has 0 unspecified atom stereocenters. The van der Waals surface area contributed by atoms with Crippen molar-refractivity contribution in [3.05, 3.63) is 29.6 Å². The highest BCUT2D eigenvalue weighted by atomic mass is 32.1. The van der Waals surface area contributed by atoms with E-state index in [9.17, 15) is 0 Å². The van der Waals surface area contributed by atoms with Crippen molar-refractivity contribution in [2.75, 3.05) is 12.5 Å². The first-order valence-electron chi connectivity index (χ1n) is 7.68. The zero-order valence-corrected chi connectivity index (χ0v) is 14.2. The van der Waals surface area contributed by atoms with E-state index in [4.69, 9.17) is 4.74 Å². The third-order valence-electron chi connectivity index (χ3n) is 3.43. The van der Waals surface area contributed by atoms with Crippen LogP contribution in [0.4, 0.5) is 5.13 Å². The molecule has 0 radical (unpaired) electrons. The number of methoxy groups -OCH3 is 1. The van der Waals surface area contributed by atoms with E-state index in [2.05, 4.69) is 29.4 Å². The van der Waals surface area contributed by atoms with E-state index < -0.39 is 0 Å². The molecule has 0 saturated carbocycles. The Bertz CT molecular complexity index is 605. The van der Waals surface area contributed by atoms with Gasteiger partial charge in [-0.3, -0.25) is 5.43 Å². The van der Waals surface area contributed by atoms with Crippen LogP contribution in [0.5, 0.6) is 5.75 Å². The van der Waals surface area contributed by atoms with Gasteiger partial charge >= 0.3 is 0 Å². The molecular weight excluding hydrogens is 294 g/mol. The summed E-state index contributed by atoms with van der Waals surface area (Å²) in [5.41, 5.74) is 6.32. The van der Waals surface area contributed by atoms with Gasteiger partial charge in [-0.1, -0.05) is 20.3 Å². The van der Waals surface area contributed by atoms with Crippen LogP contribution in [0.1, 0.15) is 39.5 Å². The van der Waals surface area contributed by atoms with E-state index in [1.807, 2.05) is 29.6 Å². The molecule has 1 aromatic heterocycles. The van der Waals surface area contributed by atoms with Crippen molar-refractivity contribution in [2.45, 2.75) is 39.5 Å². The second kappa shape index (κ2) is 8.54. The molecule has 0 bridgehead atoms. The third kappa shape index (κ3) is 4.56. The highest BCUT2D eigenvalue weighted by Gasteiger charge is 2.05. The molecule has 0 saturated heterocycles. The second-order valence-corrected chi connectivity index (χ2v) is 5.87. The van der Waals surface area contributed by atoms with Crippen molar-refractivity contribution in [3.8, 4) is 17.0 Å². The van der Waals surface area contributed by atoms with Crippen LogP contribution in [0, 0.1) is 0 Å². The standard InChI is InChI=1S/C17H23N3OS/c1-4-6-7-14(5-2)19-20-17-18-16(12-22-17)13-8-10-15(21-3)11-9-13/h8-12H,4-7H2,1-3H3,(H,18,20)/b19-14+. The fourth-order valence-electron chi connectivity index (χ4n) is 2.04. The molecule has 4 nitrogen and oxygen atoms in total. The molecule has 0 spiro atoms. The van der Waals surface area contributed by atoms with Gasteiger partial charge in [-0.2, -0.15) is 5.10 Å². The van der Waals surface area contributed by atoms with Crippen molar-refractivity contribution in [1.29, 1.82) is 0 Å². The van der Waals surface area contributed by atoms with Gasteiger partial charge in [0.05, 0.1) is 12.8 Å². The zero-order valence-electron chi connectivity index (χ0n) is 13.4. The first-order valence-corrected chi connectivity index (χ1v) is 8.56. The van der Waals surface area contributed by atoms with E-state index >= 15 is 0 Å². The smallest absolute Gasteiger partial charge is 0.203 e. The van der Waals surface area contributed by atoms with Crippen molar-refractivity contribution >= 4 is 22.2 Å². The molecule has 0 aliphatic carbocycles. The van der Waals surface area contributed by atoms with Crippen molar-refractivity contribution < 1.29 is 4.74 Å². The summed E-state index contributed by atoms with van der Waals surface area (Å²) in [6.45, 7) is 4.34. The number of rotatable bonds is 8. The molecule has 0 aliphatic heterocycles. The van der Waals surface area contributed by atoms with Gasteiger partial charge < -0.3 is 4.74 Å². The van der Waals surface area contributed by atoms with E-state index in [1.54, 1.807) is 18.4 Å². The summed E-state index contributed by atoms with van der Waals surface area (Å²) in [4.78, 5) is 4.58. The van der Waals surface area contributed by atoms with Gasteiger partial charge in [-0.05, 0) is 43.5 Å². The molecule has 0 fully saturated rings. The SMILES string of the molecule is CCCC/C(CC)=N/Nc1nc(-c2ccc(OC)cc2)cs1. The Morgan fingerprint density at radius 2 is 2.05 bits per heavy atom. The van der Waals surface area contributed by atoms with Gasteiger partial charge in [-0.15, -0.1) is 11.3 Å². The molecule has 22 heavy (non-hydrogen) atoms. The molecule has 2 rings (SSSR count). The van der Waals surface area contributed by atoms with E-state index in [0.717, 1.165) is 35.0 Å². The lowest BCUT2D eigenvalue weighted by Crippen LogP contribution is -2.00. The highest BCUT2D eigenvalue weighted by molar-refractivity contribution is 7.14. The van der Waals surface area contributed by atoms with Crippen LogP contribution in [0.25, 0.3) is 11.3 Å². The molecular formula is C17H23N3OS. The van der Waals surface area contributed by atoms with Gasteiger partial charge in [0, 0.05) is 16.7 Å². The molecule has 0 aliphatic rings. The number of anilines is 1. The van der Waals surface area contributed by atoms with Crippen molar-refractivity contribution in [3.63, 3.8) is 0 Å². The number of thiazole rings is 1. The predicted molar refractivity (Wildman–Crippen MR) is 95.0 cm³/mol. The van der Waals surface area contributed by atoms with Crippen LogP contribution in [0.15, 0.2) is 34.7 Å². The number of nitrogens with one attached hydrogen (secondary N) is 1. The Kier molecular flexibility index (Phi) is 6.40. The quantitative estimate of drug-likeness (QED) is 0.538. The Labute approximate surface area is 136 Å². The van der Waals surface area contributed by atoms with Crippen LogP contribution in [-0.2, 0) is 0 Å². The number of aromatic nitrogens is 1. The fraction of sp³-hybridized carbons (Fsp3) is 0.412. The molecule has 0 atom stereocenters. The van der Waals surface area contributed by atoms with Crippen LogP contribution in [-0.4, -0.2) is 17.8 Å². The van der Waals surface area contributed by atoms with Crippen LogP contribution in [0.2, 0.25) is 0 Å². The number of nitrogens with zero attached hydrogens (tertiary/aromatic N) is 2. The summed E-state index contributed by atoms with van der Waals surface area (Å²) >= 11 is 1.57. The maximum atomic E-state index is 5.17. The molecule has 5 heteroatoms. The monoisotopic (exact) mass is 317 g/mol. The minimum absolute atomic E-state index is 0.827. The van der Waals surface area contributed by atoms with E-state index in [0.29, 0.717) is 0 Å². The maximum absolute atomic E-state index is 5.17. The number of hydrogen-bond acceptors (Lipinski definition) is 5.